The van der Waals surface area contributed by atoms with Crippen molar-refractivity contribution >= 4 is 33.2 Å². The average molecular weight is 436 g/mol. The van der Waals surface area contributed by atoms with Gasteiger partial charge in [-0.25, -0.2) is 8.42 Å². The number of piperazine rings is 1. The Morgan fingerprint density at radius 2 is 1.76 bits per heavy atom. The molecule has 1 saturated heterocycles. The van der Waals surface area contributed by atoms with Crippen LogP contribution in [-0.2, 0) is 10.0 Å². The molecule has 0 spiro atoms. The van der Waals surface area contributed by atoms with Gasteiger partial charge in [0, 0.05) is 48.5 Å². The van der Waals surface area contributed by atoms with Crippen molar-refractivity contribution in [3.8, 4) is 0 Å². The largest absolute Gasteiger partial charge is 0.369 e. The number of amides is 1. The number of halogens is 1. The van der Waals surface area contributed by atoms with Gasteiger partial charge in [-0.15, -0.1) is 0 Å². The van der Waals surface area contributed by atoms with Crippen LogP contribution in [0.25, 0.3) is 0 Å². The number of sulfonamides is 1. The van der Waals surface area contributed by atoms with Gasteiger partial charge in [0.25, 0.3) is 5.91 Å². The summed E-state index contributed by atoms with van der Waals surface area (Å²) >= 11 is 6.06. The number of anilines is 1. The van der Waals surface area contributed by atoms with E-state index in [1.165, 1.54) is 10.4 Å². The van der Waals surface area contributed by atoms with E-state index in [0.29, 0.717) is 36.8 Å². The van der Waals surface area contributed by atoms with Gasteiger partial charge in [0.2, 0.25) is 10.0 Å². The summed E-state index contributed by atoms with van der Waals surface area (Å²) in [5, 5.41) is 3.48. The van der Waals surface area contributed by atoms with E-state index >= 15 is 0 Å². The Balaban J connectivity index is 1.77. The number of carbonyl (C=O) groups is 1. The third-order valence-corrected chi connectivity index (χ3v) is 7.05. The van der Waals surface area contributed by atoms with E-state index in [2.05, 4.69) is 10.2 Å². The molecule has 3 rings (SSSR count). The molecule has 1 fully saturated rings. The standard InChI is InChI=1S/C21H26ClN3O3S/c1-15(2)23-21(26)20-14-19(8-7-16(20)3)29(27,28)25-11-9-24(10-12-25)18-6-4-5-17(22)13-18/h4-8,13-15H,9-12H2,1-3H3,(H,23,26). The molecule has 0 aromatic heterocycles. The predicted octanol–water partition coefficient (Wildman–Crippen LogP) is 3.30. The first-order valence-electron chi connectivity index (χ1n) is 9.60. The maximum absolute atomic E-state index is 13.1. The number of hydrogen-bond acceptors (Lipinski definition) is 4. The van der Waals surface area contributed by atoms with Gasteiger partial charge in [0.1, 0.15) is 0 Å². The topological polar surface area (TPSA) is 69.7 Å². The van der Waals surface area contributed by atoms with Crippen LogP contribution in [0.2, 0.25) is 5.02 Å². The SMILES string of the molecule is Cc1ccc(S(=O)(=O)N2CCN(c3cccc(Cl)c3)CC2)cc1C(=O)NC(C)C. The Labute approximate surface area is 177 Å². The molecule has 29 heavy (non-hydrogen) atoms. The van der Waals surface area contributed by atoms with Crippen molar-refractivity contribution in [3.63, 3.8) is 0 Å². The monoisotopic (exact) mass is 435 g/mol. The molecule has 0 atom stereocenters. The number of hydrogen-bond donors (Lipinski definition) is 1. The average Bonchev–Trinajstić information content (AvgIpc) is 2.67. The van der Waals surface area contributed by atoms with Crippen LogP contribution in [0.5, 0.6) is 0 Å². The molecule has 6 nitrogen and oxygen atoms in total. The van der Waals surface area contributed by atoms with E-state index in [1.54, 1.807) is 19.1 Å². The smallest absolute Gasteiger partial charge is 0.251 e. The van der Waals surface area contributed by atoms with Gasteiger partial charge in [-0.3, -0.25) is 4.79 Å². The highest BCUT2D eigenvalue weighted by atomic mass is 35.5. The highest BCUT2D eigenvalue weighted by molar-refractivity contribution is 7.89. The molecule has 0 bridgehead atoms. The normalized spacial score (nSPS) is 15.6. The highest BCUT2D eigenvalue weighted by Crippen LogP contribution is 2.24. The molecule has 2 aromatic carbocycles. The van der Waals surface area contributed by atoms with Crippen molar-refractivity contribution in [1.82, 2.24) is 9.62 Å². The minimum atomic E-state index is -3.68. The summed E-state index contributed by atoms with van der Waals surface area (Å²) in [5.41, 5.74) is 2.11. The molecule has 1 heterocycles. The lowest BCUT2D eigenvalue weighted by Gasteiger charge is -2.35. The van der Waals surface area contributed by atoms with Crippen molar-refractivity contribution < 1.29 is 13.2 Å². The summed E-state index contributed by atoms with van der Waals surface area (Å²) in [7, 11) is -3.68. The van der Waals surface area contributed by atoms with Gasteiger partial charge in [-0.05, 0) is 56.7 Å². The van der Waals surface area contributed by atoms with Crippen LogP contribution in [0.4, 0.5) is 5.69 Å². The summed E-state index contributed by atoms with van der Waals surface area (Å²) in [5.74, 6) is -0.264. The number of nitrogens with one attached hydrogen (secondary N) is 1. The van der Waals surface area contributed by atoms with E-state index < -0.39 is 10.0 Å². The van der Waals surface area contributed by atoms with Gasteiger partial charge in [0.15, 0.2) is 0 Å². The number of aryl methyl sites for hydroxylation is 1. The summed E-state index contributed by atoms with van der Waals surface area (Å²) in [6.45, 7) is 7.43. The molecular formula is C21H26ClN3O3S. The van der Waals surface area contributed by atoms with Crippen LogP contribution in [0, 0.1) is 6.92 Å². The molecule has 1 aliphatic rings. The summed E-state index contributed by atoms with van der Waals surface area (Å²) in [6, 6.07) is 12.3. The molecule has 1 aliphatic heterocycles. The quantitative estimate of drug-likeness (QED) is 0.782. The summed E-state index contributed by atoms with van der Waals surface area (Å²) in [6.07, 6.45) is 0. The Kier molecular flexibility index (Phi) is 6.51. The first-order valence-corrected chi connectivity index (χ1v) is 11.4. The second kappa shape index (κ2) is 8.73. The van der Waals surface area contributed by atoms with Crippen molar-refractivity contribution in [1.29, 1.82) is 0 Å². The zero-order valence-electron chi connectivity index (χ0n) is 16.9. The van der Waals surface area contributed by atoms with Crippen LogP contribution in [-0.4, -0.2) is 50.9 Å². The van der Waals surface area contributed by atoms with Crippen LogP contribution in [0.15, 0.2) is 47.4 Å². The van der Waals surface area contributed by atoms with Crippen LogP contribution >= 0.6 is 11.6 Å². The lowest BCUT2D eigenvalue weighted by molar-refractivity contribution is 0.0942. The van der Waals surface area contributed by atoms with E-state index in [-0.39, 0.29) is 16.8 Å². The van der Waals surface area contributed by atoms with Crippen LogP contribution < -0.4 is 10.2 Å². The minimum absolute atomic E-state index is 0.0262. The molecule has 2 aromatic rings. The molecule has 8 heteroatoms. The molecule has 156 valence electrons. The Morgan fingerprint density at radius 3 is 2.38 bits per heavy atom. The van der Waals surface area contributed by atoms with Gasteiger partial charge < -0.3 is 10.2 Å². The lowest BCUT2D eigenvalue weighted by Crippen LogP contribution is -2.48. The predicted molar refractivity (Wildman–Crippen MR) is 116 cm³/mol. The summed E-state index contributed by atoms with van der Waals surface area (Å²) < 4.78 is 27.8. The number of rotatable bonds is 5. The zero-order chi connectivity index (χ0) is 21.2. The molecule has 0 unspecified atom stereocenters. The maximum Gasteiger partial charge on any atom is 0.251 e. The highest BCUT2D eigenvalue weighted by Gasteiger charge is 2.29. The third-order valence-electron chi connectivity index (χ3n) is 4.92. The number of nitrogens with zero attached hydrogens (tertiary/aromatic N) is 2. The molecule has 1 N–H and O–H groups in total. The Morgan fingerprint density at radius 1 is 1.07 bits per heavy atom. The maximum atomic E-state index is 13.1. The fourth-order valence-corrected chi connectivity index (χ4v) is 4.99. The summed E-state index contributed by atoms with van der Waals surface area (Å²) in [4.78, 5) is 14.7. The van der Waals surface area contributed by atoms with Gasteiger partial charge in [0.05, 0.1) is 4.90 Å². The molecular weight excluding hydrogens is 410 g/mol. The Hall–Kier alpha value is -2.09. The fraction of sp³-hybridized carbons (Fsp3) is 0.381. The van der Waals surface area contributed by atoms with Crippen molar-refractivity contribution in [2.45, 2.75) is 31.7 Å². The van der Waals surface area contributed by atoms with E-state index in [1.807, 2.05) is 38.1 Å². The van der Waals surface area contributed by atoms with Gasteiger partial charge in [-0.1, -0.05) is 23.7 Å². The first-order chi connectivity index (χ1) is 13.7. The first kappa shape index (κ1) is 21.6. The van der Waals surface area contributed by atoms with Crippen molar-refractivity contribution in [2.75, 3.05) is 31.1 Å². The zero-order valence-corrected chi connectivity index (χ0v) is 18.4. The molecule has 0 radical (unpaired) electrons. The van der Waals surface area contributed by atoms with Crippen LogP contribution in [0.1, 0.15) is 29.8 Å². The number of carbonyl (C=O) groups excluding carboxylic acids is 1. The van der Waals surface area contributed by atoms with Crippen molar-refractivity contribution in [2.24, 2.45) is 0 Å². The second-order valence-corrected chi connectivity index (χ2v) is 9.85. The van der Waals surface area contributed by atoms with E-state index in [0.717, 1.165) is 11.3 Å². The number of benzene rings is 2. The van der Waals surface area contributed by atoms with Crippen molar-refractivity contribution in [3.05, 3.63) is 58.6 Å². The molecule has 1 amide bonds. The lowest BCUT2D eigenvalue weighted by atomic mass is 10.1. The minimum Gasteiger partial charge on any atom is -0.369 e. The van der Waals surface area contributed by atoms with Gasteiger partial charge >= 0.3 is 0 Å². The molecule has 0 saturated carbocycles. The second-order valence-electron chi connectivity index (χ2n) is 7.48. The Bertz CT molecular complexity index is 1000. The fourth-order valence-electron chi connectivity index (χ4n) is 3.35. The van der Waals surface area contributed by atoms with Gasteiger partial charge in [-0.2, -0.15) is 4.31 Å². The van der Waals surface area contributed by atoms with E-state index in [9.17, 15) is 13.2 Å². The van der Waals surface area contributed by atoms with Crippen LogP contribution in [0.3, 0.4) is 0 Å². The van der Waals surface area contributed by atoms with E-state index in [4.69, 9.17) is 11.6 Å². The molecule has 0 aliphatic carbocycles. The third kappa shape index (κ3) is 4.91.